The SMILES string of the molecule is C.Cc1[c-]c2c([c-]c1O)CC[C-](CCC(=O)CN1CCN=C1N)O2.[W].[W].[W].[W].[W].[Y].[Y].[Y].[Y]. The number of nitrogens with zero attached hydrogens (tertiary/aromatic N) is 2. The molecule has 0 aromatic heterocycles. The molecule has 3 rings (SSSR count). The minimum atomic E-state index is 0. The van der Waals surface area contributed by atoms with E-state index in [-0.39, 0.29) is 255 Å². The summed E-state index contributed by atoms with van der Waals surface area (Å²) in [7, 11) is 0. The van der Waals surface area contributed by atoms with Crippen LogP contribution in [0.1, 0.15) is 37.8 Å². The van der Waals surface area contributed by atoms with Crippen molar-refractivity contribution in [2.75, 3.05) is 19.6 Å². The Morgan fingerprint density at radius 1 is 1.15 bits per heavy atom. The van der Waals surface area contributed by atoms with Gasteiger partial charge in [0.1, 0.15) is 5.78 Å². The second-order valence-corrected chi connectivity index (χ2v) is 5.87. The van der Waals surface area contributed by atoms with Gasteiger partial charge in [0.2, 0.25) is 0 Å². The first-order valence-electron chi connectivity index (χ1n) is 7.79. The Bertz CT molecular complexity index is 679. The largest absolute Gasteiger partial charge is 0.732 e. The molecule has 2 aliphatic rings. The zero-order valence-corrected chi connectivity index (χ0v) is 43.6. The summed E-state index contributed by atoms with van der Waals surface area (Å²) in [6.45, 7) is 3.45. The van der Waals surface area contributed by atoms with Crippen LogP contribution in [0, 0.1) is 25.2 Å². The molecule has 0 amide bonds. The number of benzene rings is 1. The standard InChI is InChI=1S/C17H20N3O3.CH4.5W.4Y/c1-11-8-16-12(9-15(11)22)2-4-14(23-16)5-3-13(21)10-20-7-6-19-17(20)18;;;;;;;;;;/h22H,2-7,10H2,1H3,(H2,18,19);1H4;;;;;;;;;/q-3;;;;;;;;;;. The average molecular weight is 1610 g/mol. The molecule has 15 heteroatoms. The number of phenolic OH excluding ortho intramolecular Hbond substituents is 1. The molecule has 0 bridgehead atoms. The Kier molecular flexibility index (Phi) is 54.0. The number of aromatic hydroxyl groups is 1. The van der Waals surface area contributed by atoms with Gasteiger partial charge in [0.05, 0.1) is 13.1 Å². The molecule has 0 aliphatic carbocycles. The maximum atomic E-state index is 12.1. The molecule has 0 unspecified atom stereocenters. The summed E-state index contributed by atoms with van der Waals surface area (Å²) in [5, 5.41) is 9.66. The predicted octanol–water partition coefficient (Wildman–Crippen LogP) is 1.75. The van der Waals surface area contributed by atoms with Crippen LogP contribution in [0.15, 0.2) is 4.99 Å². The third-order valence-corrected chi connectivity index (χ3v) is 4.12. The van der Waals surface area contributed by atoms with E-state index < -0.39 is 0 Å². The van der Waals surface area contributed by atoms with Crippen molar-refractivity contribution >= 4 is 11.7 Å². The van der Waals surface area contributed by atoms with Gasteiger partial charge in [0, 0.05) is 243 Å². The molecule has 0 atom stereocenters. The second kappa shape index (κ2) is 30.6. The van der Waals surface area contributed by atoms with Gasteiger partial charge in [0.25, 0.3) is 0 Å². The number of aliphatic imine (C=N–C) groups is 1. The number of carbonyl (C=O) groups excluding carboxylic acids is 1. The van der Waals surface area contributed by atoms with Crippen molar-refractivity contribution in [2.45, 2.75) is 40.0 Å². The zero-order chi connectivity index (χ0) is 16.4. The summed E-state index contributed by atoms with van der Waals surface area (Å²) in [6.07, 6.45) is 3.38. The summed E-state index contributed by atoms with van der Waals surface area (Å²) in [4.78, 5) is 17.9. The fourth-order valence-electron chi connectivity index (χ4n) is 2.73. The zero-order valence-electron chi connectivity index (χ0n) is 17.5. The molecule has 33 heavy (non-hydrogen) atoms. The van der Waals surface area contributed by atoms with E-state index in [4.69, 9.17) is 10.5 Å². The summed E-state index contributed by atoms with van der Waals surface area (Å²) in [5.74, 6) is 1.32. The molecule has 3 N–H and O–H groups in total. The number of Topliss-reactive ketones (excluding diaryl/α,β-unsaturated/α-hetero) is 1. The van der Waals surface area contributed by atoms with Gasteiger partial charge in [-0.15, -0.1) is 31.3 Å². The fraction of sp³-hybridized carbons (Fsp3) is 0.500. The maximum absolute atomic E-state index is 12.1. The van der Waals surface area contributed by atoms with Gasteiger partial charge in [-0.05, 0) is 6.42 Å². The number of fused-ring (bicyclic) bond motifs is 1. The number of hydrogen-bond donors (Lipinski definition) is 2. The molecule has 1 aromatic carbocycles. The van der Waals surface area contributed by atoms with Crippen LogP contribution in [0.25, 0.3) is 0 Å². The third-order valence-electron chi connectivity index (χ3n) is 4.12. The monoisotopic (exact) mass is 1610 g/mol. The summed E-state index contributed by atoms with van der Waals surface area (Å²) in [5.41, 5.74) is 7.16. The number of guanidine groups is 1. The van der Waals surface area contributed by atoms with Gasteiger partial charge in [-0.2, -0.15) is 12.5 Å². The topological polar surface area (TPSA) is 88.2 Å². The molecular weight excluding hydrogens is 1580 g/mol. The van der Waals surface area contributed by atoms with Crippen LogP contribution in [0.2, 0.25) is 0 Å². The minimum Gasteiger partial charge on any atom is -0.732 e. The summed E-state index contributed by atoms with van der Waals surface area (Å²) in [6, 6.07) is 5.95. The number of ether oxygens (including phenoxy) is 1. The van der Waals surface area contributed by atoms with Gasteiger partial charge in [0.15, 0.2) is 5.96 Å². The van der Waals surface area contributed by atoms with Crippen LogP contribution < -0.4 is 10.5 Å². The van der Waals surface area contributed by atoms with E-state index in [0.29, 0.717) is 49.7 Å². The Hall–Kier alpha value is 5.62. The number of hydrogen-bond acceptors (Lipinski definition) is 6. The molecule has 1 aromatic rings. The van der Waals surface area contributed by atoms with Crippen molar-refractivity contribution in [1.82, 2.24) is 4.90 Å². The number of ketones is 1. The van der Waals surface area contributed by atoms with Gasteiger partial charge in [-0.1, -0.05) is 7.43 Å². The summed E-state index contributed by atoms with van der Waals surface area (Å²) < 4.78 is 5.81. The van der Waals surface area contributed by atoms with E-state index in [9.17, 15) is 9.90 Å². The molecule has 0 saturated carbocycles. The van der Waals surface area contributed by atoms with E-state index in [2.05, 4.69) is 17.1 Å². The van der Waals surface area contributed by atoms with E-state index in [1.54, 1.807) is 11.8 Å². The Labute approximate surface area is 370 Å². The van der Waals surface area contributed by atoms with Crippen molar-refractivity contribution in [1.29, 1.82) is 0 Å². The van der Waals surface area contributed by atoms with Crippen LogP contribution in [0.5, 0.6) is 11.5 Å². The number of rotatable bonds is 5. The van der Waals surface area contributed by atoms with Gasteiger partial charge in [-0.3, -0.25) is 21.9 Å². The number of phenols is 1. The summed E-state index contributed by atoms with van der Waals surface area (Å²) >= 11 is 0. The van der Waals surface area contributed by atoms with Crippen molar-refractivity contribution in [3.8, 4) is 11.5 Å². The van der Waals surface area contributed by atoms with Crippen LogP contribution >= 0.6 is 0 Å². The number of nitrogens with two attached hydrogens (primary N) is 1. The van der Waals surface area contributed by atoms with Crippen LogP contribution in [0.3, 0.4) is 0 Å². The Morgan fingerprint density at radius 2 is 1.73 bits per heavy atom. The molecular formula is C18H24N3O3W5Y4-3. The van der Waals surface area contributed by atoms with E-state index in [1.807, 2.05) is 0 Å². The normalized spacial score (nSPS) is 12.3. The van der Waals surface area contributed by atoms with Crippen molar-refractivity contribution < 1.29 is 251 Å². The fourth-order valence-corrected chi connectivity index (χ4v) is 2.73. The molecule has 0 saturated heterocycles. The third kappa shape index (κ3) is 19.4. The molecule has 0 fully saturated rings. The van der Waals surface area contributed by atoms with Gasteiger partial charge >= 0.3 is 0 Å². The number of aryl methyl sites for hydroxylation is 2. The predicted molar refractivity (Wildman–Crippen MR) is 91.7 cm³/mol. The van der Waals surface area contributed by atoms with Crippen molar-refractivity contribution in [3.05, 3.63) is 29.4 Å². The average Bonchev–Trinajstić information content (AvgIpc) is 2.91. The first kappa shape index (κ1) is 58.3. The maximum Gasteiger partial charge on any atom is 0.191 e. The molecule has 0 spiro atoms. The molecule has 2 heterocycles. The molecule has 4 radical (unpaired) electrons. The van der Waals surface area contributed by atoms with Crippen molar-refractivity contribution in [3.63, 3.8) is 0 Å². The molecule has 2 aliphatic heterocycles. The number of carbonyl (C=O) groups is 1. The van der Waals surface area contributed by atoms with E-state index in [0.717, 1.165) is 24.5 Å². The van der Waals surface area contributed by atoms with Crippen LogP contribution in [0.4, 0.5) is 0 Å². The Balaban J connectivity index is -0.000000104. The van der Waals surface area contributed by atoms with Crippen molar-refractivity contribution in [2.24, 2.45) is 10.7 Å². The smallest absolute Gasteiger partial charge is 0.191 e. The second-order valence-electron chi connectivity index (χ2n) is 5.87. The quantitative estimate of drug-likeness (QED) is 0.440. The van der Waals surface area contributed by atoms with Gasteiger partial charge in [-0.25, -0.2) is 11.1 Å². The molecule has 174 valence electrons. The van der Waals surface area contributed by atoms with Gasteiger partial charge < -0.3 is 20.5 Å². The Morgan fingerprint density at radius 3 is 2.24 bits per heavy atom. The first-order chi connectivity index (χ1) is 11.0. The minimum absolute atomic E-state index is 0. The van der Waals surface area contributed by atoms with E-state index >= 15 is 0 Å². The van der Waals surface area contributed by atoms with E-state index in [1.165, 1.54) is 0 Å². The molecule has 6 nitrogen and oxygen atoms in total. The van der Waals surface area contributed by atoms with Crippen LogP contribution in [-0.4, -0.2) is 41.4 Å². The first-order valence-corrected chi connectivity index (χ1v) is 7.79. The van der Waals surface area contributed by atoms with Crippen LogP contribution in [-0.2, 0) is 247 Å².